The molecule has 1 aromatic heterocycles. The molecule has 0 aliphatic carbocycles. The SMILES string of the molecule is CN(C)CC1(C)CCN(c2ccc(C(F)(F)F)cc2NC(=O)c2ccc(C3CCOCC3)o2)CC1. The van der Waals surface area contributed by atoms with Crippen molar-refractivity contribution in [3.8, 4) is 0 Å². The van der Waals surface area contributed by atoms with Gasteiger partial charge < -0.3 is 24.3 Å². The van der Waals surface area contributed by atoms with E-state index in [1.54, 1.807) is 12.1 Å². The number of halogens is 3. The Labute approximate surface area is 204 Å². The van der Waals surface area contributed by atoms with Crippen molar-refractivity contribution >= 4 is 17.3 Å². The van der Waals surface area contributed by atoms with Crippen LogP contribution in [0.1, 0.15) is 60.4 Å². The second-order valence-electron chi connectivity index (χ2n) is 10.3. The van der Waals surface area contributed by atoms with Gasteiger partial charge in [0.25, 0.3) is 5.91 Å². The van der Waals surface area contributed by atoms with Crippen molar-refractivity contribution in [2.45, 2.75) is 44.7 Å². The molecule has 2 fully saturated rings. The van der Waals surface area contributed by atoms with Crippen molar-refractivity contribution in [3.63, 3.8) is 0 Å². The lowest BCUT2D eigenvalue weighted by Gasteiger charge is -2.42. The summed E-state index contributed by atoms with van der Waals surface area (Å²) < 4.78 is 51.6. The number of amides is 1. The van der Waals surface area contributed by atoms with Gasteiger partial charge in [-0.1, -0.05) is 6.92 Å². The number of anilines is 2. The molecule has 2 aromatic rings. The standard InChI is InChI=1S/C26H34F3N3O3/c1-25(17-31(2)3)10-12-32(13-11-25)21-5-4-19(26(27,28)29)16-20(21)30-24(33)23-7-6-22(35-23)18-8-14-34-15-9-18/h4-7,16,18H,8-15,17H2,1-3H3,(H,30,33). The first-order valence-electron chi connectivity index (χ1n) is 12.1. The van der Waals surface area contributed by atoms with E-state index in [4.69, 9.17) is 9.15 Å². The minimum absolute atomic E-state index is 0.0899. The summed E-state index contributed by atoms with van der Waals surface area (Å²) in [4.78, 5) is 17.2. The third kappa shape index (κ3) is 6.19. The van der Waals surface area contributed by atoms with Gasteiger partial charge >= 0.3 is 6.18 Å². The molecule has 2 aliphatic rings. The molecule has 1 N–H and O–H groups in total. The normalized spacial score (nSPS) is 19.2. The zero-order valence-corrected chi connectivity index (χ0v) is 20.6. The fraction of sp³-hybridized carbons (Fsp3) is 0.577. The molecule has 2 saturated heterocycles. The van der Waals surface area contributed by atoms with Crippen LogP contribution in [-0.2, 0) is 10.9 Å². The Morgan fingerprint density at radius 3 is 2.46 bits per heavy atom. The maximum atomic E-state index is 13.5. The molecule has 4 rings (SSSR count). The summed E-state index contributed by atoms with van der Waals surface area (Å²) in [5.74, 6) is 0.420. The summed E-state index contributed by atoms with van der Waals surface area (Å²) in [6, 6.07) is 6.91. The lowest BCUT2D eigenvalue weighted by Crippen LogP contribution is -2.43. The molecule has 0 bridgehead atoms. The van der Waals surface area contributed by atoms with Gasteiger partial charge in [-0.05, 0) is 75.5 Å². The van der Waals surface area contributed by atoms with Gasteiger partial charge in [0, 0.05) is 38.8 Å². The average Bonchev–Trinajstić information content (AvgIpc) is 3.30. The summed E-state index contributed by atoms with van der Waals surface area (Å²) in [5, 5.41) is 2.70. The van der Waals surface area contributed by atoms with Crippen LogP contribution in [-0.4, -0.2) is 57.8 Å². The molecule has 1 amide bonds. The van der Waals surface area contributed by atoms with Gasteiger partial charge in [0.15, 0.2) is 5.76 Å². The van der Waals surface area contributed by atoms with E-state index >= 15 is 0 Å². The predicted molar refractivity (Wildman–Crippen MR) is 129 cm³/mol. The number of alkyl halides is 3. The topological polar surface area (TPSA) is 58.0 Å². The highest BCUT2D eigenvalue weighted by atomic mass is 19.4. The van der Waals surface area contributed by atoms with Gasteiger partial charge in [-0.2, -0.15) is 13.2 Å². The highest BCUT2D eigenvalue weighted by Gasteiger charge is 2.34. The Bertz CT molecular complexity index is 1020. The molecule has 1 aromatic carbocycles. The maximum absolute atomic E-state index is 13.5. The van der Waals surface area contributed by atoms with E-state index in [0.29, 0.717) is 37.8 Å². The summed E-state index contributed by atoms with van der Waals surface area (Å²) >= 11 is 0. The molecule has 0 radical (unpaired) electrons. The van der Waals surface area contributed by atoms with Gasteiger partial charge in [-0.15, -0.1) is 0 Å². The first-order valence-corrected chi connectivity index (χ1v) is 12.1. The van der Waals surface area contributed by atoms with Crippen LogP contribution in [0.15, 0.2) is 34.7 Å². The Kier molecular flexibility index (Phi) is 7.47. The molecule has 3 heterocycles. The average molecular weight is 494 g/mol. The first-order chi connectivity index (χ1) is 16.5. The number of nitrogens with zero attached hydrogens (tertiary/aromatic N) is 2. The van der Waals surface area contributed by atoms with Gasteiger partial charge in [0.1, 0.15) is 5.76 Å². The number of rotatable bonds is 6. The number of furan rings is 1. The Morgan fingerprint density at radius 2 is 1.83 bits per heavy atom. The van der Waals surface area contributed by atoms with Crippen molar-refractivity contribution in [1.82, 2.24) is 4.90 Å². The highest BCUT2D eigenvalue weighted by molar-refractivity contribution is 6.04. The van der Waals surface area contributed by atoms with E-state index in [1.807, 2.05) is 14.1 Å². The molecule has 0 spiro atoms. The van der Waals surface area contributed by atoms with E-state index in [-0.39, 0.29) is 22.8 Å². The van der Waals surface area contributed by atoms with Crippen LogP contribution in [0.4, 0.5) is 24.5 Å². The zero-order valence-electron chi connectivity index (χ0n) is 20.6. The summed E-state index contributed by atoms with van der Waals surface area (Å²) in [6.45, 7) is 5.88. The molecule has 35 heavy (non-hydrogen) atoms. The Morgan fingerprint density at radius 1 is 1.14 bits per heavy atom. The van der Waals surface area contributed by atoms with Gasteiger partial charge in [0.05, 0.1) is 16.9 Å². The van der Waals surface area contributed by atoms with Crippen molar-refractivity contribution < 1.29 is 27.1 Å². The first kappa shape index (κ1) is 25.6. The number of ether oxygens (including phenoxy) is 1. The predicted octanol–water partition coefficient (Wildman–Crippen LogP) is 5.61. The second kappa shape index (κ2) is 10.2. The molecule has 9 heteroatoms. The largest absolute Gasteiger partial charge is 0.456 e. The number of benzene rings is 1. The van der Waals surface area contributed by atoms with Crippen LogP contribution in [0.25, 0.3) is 0 Å². The van der Waals surface area contributed by atoms with Gasteiger partial charge in [-0.25, -0.2) is 0 Å². The molecule has 0 unspecified atom stereocenters. The minimum atomic E-state index is -4.51. The number of carbonyl (C=O) groups excluding carboxylic acids is 1. The van der Waals surface area contributed by atoms with Crippen molar-refractivity contribution in [2.75, 3.05) is 57.2 Å². The molecule has 0 saturated carbocycles. The minimum Gasteiger partial charge on any atom is -0.456 e. The quantitative estimate of drug-likeness (QED) is 0.567. The van der Waals surface area contributed by atoms with Gasteiger partial charge in [-0.3, -0.25) is 4.79 Å². The molecular weight excluding hydrogens is 459 g/mol. The molecule has 2 aliphatic heterocycles. The zero-order chi connectivity index (χ0) is 25.2. The molecule has 6 nitrogen and oxygen atoms in total. The monoisotopic (exact) mass is 493 g/mol. The highest BCUT2D eigenvalue weighted by Crippen LogP contribution is 2.39. The summed E-state index contributed by atoms with van der Waals surface area (Å²) in [7, 11) is 4.09. The number of hydrogen-bond acceptors (Lipinski definition) is 5. The summed E-state index contributed by atoms with van der Waals surface area (Å²) in [6.07, 6.45) is -1.06. The van der Waals surface area contributed by atoms with E-state index in [9.17, 15) is 18.0 Å². The van der Waals surface area contributed by atoms with E-state index in [0.717, 1.165) is 44.4 Å². The second-order valence-corrected chi connectivity index (χ2v) is 10.3. The third-order valence-corrected chi connectivity index (χ3v) is 7.06. The fourth-order valence-electron chi connectivity index (χ4n) is 5.16. The van der Waals surface area contributed by atoms with Crippen LogP contribution in [0.3, 0.4) is 0 Å². The molecule has 0 atom stereocenters. The van der Waals surface area contributed by atoms with Crippen LogP contribution >= 0.6 is 0 Å². The number of nitrogens with one attached hydrogen (secondary N) is 1. The molecule has 192 valence electrons. The van der Waals surface area contributed by atoms with Crippen LogP contribution < -0.4 is 10.2 Å². The lowest BCUT2D eigenvalue weighted by molar-refractivity contribution is -0.137. The van der Waals surface area contributed by atoms with E-state index in [2.05, 4.69) is 22.0 Å². The molecular formula is C26H34F3N3O3. The summed E-state index contributed by atoms with van der Waals surface area (Å²) in [5.41, 5.74) is 0.0807. The van der Waals surface area contributed by atoms with Crippen molar-refractivity contribution in [1.29, 1.82) is 0 Å². The number of piperidine rings is 1. The number of carbonyl (C=O) groups is 1. The van der Waals surface area contributed by atoms with E-state index < -0.39 is 17.6 Å². The number of hydrogen-bond donors (Lipinski definition) is 1. The van der Waals surface area contributed by atoms with E-state index in [1.165, 1.54) is 6.07 Å². The van der Waals surface area contributed by atoms with Crippen molar-refractivity contribution in [2.24, 2.45) is 5.41 Å². The van der Waals surface area contributed by atoms with Crippen LogP contribution in [0.2, 0.25) is 0 Å². The third-order valence-electron chi connectivity index (χ3n) is 7.06. The van der Waals surface area contributed by atoms with Crippen LogP contribution in [0.5, 0.6) is 0 Å². The Hall–Kier alpha value is -2.52. The van der Waals surface area contributed by atoms with Crippen LogP contribution in [0, 0.1) is 5.41 Å². The van der Waals surface area contributed by atoms with Gasteiger partial charge in [0.2, 0.25) is 0 Å². The Balaban J connectivity index is 1.54. The lowest BCUT2D eigenvalue weighted by atomic mass is 9.80. The maximum Gasteiger partial charge on any atom is 0.416 e. The smallest absolute Gasteiger partial charge is 0.416 e. The fourth-order valence-corrected chi connectivity index (χ4v) is 5.16. The van der Waals surface area contributed by atoms with Crippen molar-refractivity contribution in [3.05, 3.63) is 47.4 Å².